The number of nitrogens with zero attached hydrogens (tertiary/aromatic N) is 4. The summed E-state index contributed by atoms with van der Waals surface area (Å²) in [6.45, 7) is 2.71. The topological polar surface area (TPSA) is 110 Å². The third kappa shape index (κ3) is 4.97. The average Bonchev–Trinajstić information content (AvgIpc) is 3.39. The standard InChI is InChI=1S/C31H28ClF2N5O4/c1-15-22(36-29(41)19-10-11-35-38(2)31(19)42)8-7-20(33)25(15)27-21(34)6-5-18(28(27)32)23-12-16-4-9-24(39-13-17(40)14-39)26(16)30(37-23)43-3/h5-8,10-12,17,24,40H,4,9,13-14H2,1-3H3,(H,36,41)/t24-/m0/s1. The summed E-state index contributed by atoms with van der Waals surface area (Å²) in [5, 5.41) is 16.2. The minimum Gasteiger partial charge on any atom is -0.481 e. The summed E-state index contributed by atoms with van der Waals surface area (Å²) in [4.78, 5) is 32.2. The van der Waals surface area contributed by atoms with E-state index >= 15 is 8.78 Å². The van der Waals surface area contributed by atoms with Gasteiger partial charge in [0.25, 0.3) is 11.5 Å². The Morgan fingerprint density at radius 2 is 1.86 bits per heavy atom. The SMILES string of the molecule is COc1nc(-c2ccc(F)c(-c3c(F)ccc(NC(=O)c4ccnn(C)c4=O)c3C)c2Cl)cc2c1[C@@H](N1CC(O)C1)CC2. The molecule has 1 fully saturated rings. The van der Waals surface area contributed by atoms with Gasteiger partial charge >= 0.3 is 0 Å². The number of ether oxygens (including phenoxy) is 1. The van der Waals surface area contributed by atoms with Crippen molar-refractivity contribution in [1.82, 2.24) is 19.7 Å². The number of hydrogen-bond donors (Lipinski definition) is 2. The number of likely N-dealkylation sites (tertiary alicyclic amines) is 1. The molecule has 0 saturated carbocycles. The number of pyridine rings is 1. The van der Waals surface area contributed by atoms with Crippen molar-refractivity contribution < 1.29 is 23.4 Å². The lowest BCUT2D eigenvalue weighted by Crippen LogP contribution is -2.51. The van der Waals surface area contributed by atoms with Crippen molar-refractivity contribution in [1.29, 1.82) is 0 Å². The Bertz CT molecular complexity index is 1840. The van der Waals surface area contributed by atoms with Gasteiger partial charge in [0.1, 0.15) is 17.2 Å². The Balaban J connectivity index is 1.40. The van der Waals surface area contributed by atoms with E-state index in [0.717, 1.165) is 34.7 Å². The highest BCUT2D eigenvalue weighted by molar-refractivity contribution is 6.36. The third-order valence-electron chi connectivity index (χ3n) is 8.18. The molecule has 12 heteroatoms. The van der Waals surface area contributed by atoms with E-state index in [0.29, 0.717) is 30.2 Å². The summed E-state index contributed by atoms with van der Waals surface area (Å²) in [6, 6.07) is 8.40. The number of aliphatic hydroxyl groups excluding tert-OH is 1. The molecule has 1 atom stereocenters. The van der Waals surface area contributed by atoms with Crippen molar-refractivity contribution in [3.05, 3.63) is 91.9 Å². The molecule has 0 radical (unpaired) electrons. The second kappa shape index (κ2) is 11.1. The minimum atomic E-state index is -0.758. The van der Waals surface area contributed by atoms with Crippen LogP contribution in [0, 0.1) is 18.6 Å². The Morgan fingerprint density at radius 3 is 2.58 bits per heavy atom. The number of carbonyl (C=O) groups is 1. The highest BCUT2D eigenvalue weighted by Gasteiger charge is 2.38. The number of halogens is 3. The lowest BCUT2D eigenvalue weighted by molar-refractivity contribution is -0.0256. The fourth-order valence-corrected chi connectivity index (χ4v) is 6.30. The molecule has 2 aromatic carbocycles. The Kier molecular flexibility index (Phi) is 7.49. The molecule has 0 spiro atoms. The monoisotopic (exact) mass is 607 g/mol. The summed E-state index contributed by atoms with van der Waals surface area (Å²) in [5.74, 6) is -1.80. The number of methoxy groups -OCH3 is 1. The number of carbonyl (C=O) groups excluding carboxylic acids is 1. The number of fused-ring (bicyclic) bond motifs is 1. The number of aromatic nitrogens is 3. The smallest absolute Gasteiger partial charge is 0.279 e. The number of anilines is 1. The molecule has 1 aliphatic heterocycles. The van der Waals surface area contributed by atoms with Gasteiger partial charge in [0.15, 0.2) is 0 Å². The van der Waals surface area contributed by atoms with Gasteiger partial charge in [-0.3, -0.25) is 14.5 Å². The first-order valence-corrected chi connectivity index (χ1v) is 14.1. The second-order valence-electron chi connectivity index (χ2n) is 10.8. The Labute approximate surface area is 250 Å². The third-order valence-corrected chi connectivity index (χ3v) is 8.58. The van der Waals surface area contributed by atoms with E-state index in [1.165, 1.54) is 51.5 Å². The molecule has 1 amide bonds. The molecular weight excluding hydrogens is 580 g/mol. The first-order valence-electron chi connectivity index (χ1n) is 13.7. The van der Waals surface area contributed by atoms with Gasteiger partial charge in [-0.05, 0) is 67.3 Å². The van der Waals surface area contributed by atoms with Crippen molar-refractivity contribution in [2.45, 2.75) is 31.9 Å². The molecule has 0 bridgehead atoms. The summed E-state index contributed by atoms with van der Waals surface area (Å²) < 4.78 is 37.6. The van der Waals surface area contributed by atoms with Gasteiger partial charge in [-0.15, -0.1) is 0 Å². The Morgan fingerprint density at radius 1 is 1.14 bits per heavy atom. The molecule has 4 aromatic rings. The van der Waals surface area contributed by atoms with E-state index < -0.39 is 23.1 Å². The molecule has 0 unspecified atom stereocenters. The van der Waals surface area contributed by atoms with Gasteiger partial charge in [0.05, 0.1) is 23.9 Å². The maximum Gasteiger partial charge on any atom is 0.279 e. The molecule has 6 rings (SSSR count). The number of rotatable bonds is 6. The van der Waals surface area contributed by atoms with Crippen LogP contribution in [0.3, 0.4) is 0 Å². The number of benzene rings is 2. The van der Waals surface area contributed by atoms with Crippen LogP contribution in [0.5, 0.6) is 5.88 Å². The molecule has 222 valence electrons. The van der Waals surface area contributed by atoms with Crippen LogP contribution in [0.1, 0.15) is 39.5 Å². The van der Waals surface area contributed by atoms with Crippen LogP contribution in [0.25, 0.3) is 22.4 Å². The van der Waals surface area contributed by atoms with Gasteiger partial charge < -0.3 is 15.2 Å². The number of amides is 1. The van der Waals surface area contributed by atoms with Crippen molar-refractivity contribution in [2.24, 2.45) is 7.05 Å². The van der Waals surface area contributed by atoms with Crippen molar-refractivity contribution in [3.63, 3.8) is 0 Å². The van der Waals surface area contributed by atoms with Gasteiger partial charge in [-0.2, -0.15) is 5.10 Å². The first kappa shape index (κ1) is 28.9. The minimum absolute atomic E-state index is 0.0524. The fourth-order valence-electron chi connectivity index (χ4n) is 5.95. The summed E-state index contributed by atoms with van der Waals surface area (Å²) in [6.07, 6.45) is 2.59. The summed E-state index contributed by atoms with van der Waals surface area (Å²) >= 11 is 6.83. The predicted molar refractivity (Wildman–Crippen MR) is 157 cm³/mol. The number of β-amino-alcohol motifs (C(OH)–C–C–N with tert-alkyl or cyclic N) is 1. The zero-order chi connectivity index (χ0) is 30.6. The van der Waals surface area contributed by atoms with Gasteiger partial charge in [-0.1, -0.05) is 11.6 Å². The normalized spacial score (nSPS) is 16.6. The molecular formula is C31H28ClF2N5O4. The second-order valence-corrected chi connectivity index (χ2v) is 11.1. The molecule has 9 nitrogen and oxygen atoms in total. The molecule has 2 N–H and O–H groups in total. The van der Waals surface area contributed by atoms with Crippen LogP contribution >= 0.6 is 11.6 Å². The average molecular weight is 608 g/mol. The van der Waals surface area contributed by atoms with Crippen molar-refractivity contribution in [3.8, 4) is 28.3 Å². The lowest BCUT2D eigenvalue weighted by atomic mass is 9.94. The van der Waals surface area contributed by atoms with Crippen LogP contribution in [0.15, 0.2) is 47.4 Å². The molecule has 1 aliphatic carbocycles. The van der Waals surface area contributed by atoms with Gasteiger partial charge in [0.2, 0.25) is 5.88 Å². The zero-order valence-electron chi connectivity index (χ0n) is 23.6. The fraction of sp³-hybridized carbons (Fsp3) is 0.290. The first-order chi connectivity index (χ1) is 20.6. The molecule has 43 heavy (non-hydrogen) atoms. The highest BCUT2D eigenvalue weighted by Crippen LogP contribution is 2.46. The van der Waals surface area contributed by atoms with E-state index in [2.05, 4.69) is 15.3 Å². The van der Waals surface area contributed by atoms with E-state index in [1.54, 1.807) is 0 Å². The molecule has 1 saturated heterocycles. The molecule has 2 aromatic heterocycles. The summed E-state index contributed by atoms with van der Waals surface area (Å²) in [5.41, 5.74) is 2.14. The van der Waals surface area contributed by atoms with Crippen LogP contribution in [-0.4, -0.2) is 57.0 Å². The molecule has 2 aliphatic rings. The van der Waals surface area contributed by atoms with E-state index in [1.807, 2.05) is 6.07 Å². The maximum absolute atomic E-state index is 15.5. The van der Waals surface area contributed by atoms with E-state index in [4.69, 9.17) is 21.3 Å². The maximum atomic E-state index is 15.5. The zero-order valence-corrected chi connectivity index (χ0v) is 24.4. The molecule has 3 heterocycles. The largest absolute Gasteiger partial charge is 0.481 e. The predicted octanol–water partition coefficient (Wildman–Crippen LogP) is 4.67. The highest BCUT2D eigenvalue weighted by atomic mass is 35.5. The number of aryl methyl sites for hydroxylation is 2. The van der Waals surface area contributed by atoms with Crippen LogP contribution in [0.2, 0.25) is 5.02 Å². The quantitative estimate of drug-likeness (QED) is 0.328. The lowest BCUT2D eigenvalue weighted by Gasteiger charge is -2.40. The van der Waals surface area contributed by atoms with Crippen LogP contribution in [-0.2, 0) is 13.5 Å². The Hall–Kier alpha value is -4.19. The van der Waals surface area contributed by atoms with Crippen LogP contribution < -0.4 is 15.6 Å². The number of hydrogen-bond acceptors (Lipinski definition) is 7. The van der Waals surface area contributed by atoms with Crippen molar-refractivity contribution in [2.75, 3.05) is 25.5 Å². The number of aliphatic hydroxyl groups is 1. The van der Waals surface area contributed by atoms with Gasteiger partial charge in [-0.25, -0.2) is 18.4 Å². The van der Waals surface area contributed by atoms with Crippen LogP contribution in [0.4, 0.5) is 14.5 Å². The number of nitrogens with one attached hydrogen (secondary N) is 1. The van der Waals surface area contributed by atoms with Gasteiger partial charge in [0, 0.05) is 60.3 Å². The van der Waals surface area contributed by atoms with E-state index in [9.17, 15) is 14.7 Å². The summed E-state index contributed by atoms with van der Waals surface area (Å²) in [7, 11) is 2.95. The van der Waals surface area contributed by atoms with E-state index in [-0.39, 0.29) is 45.1 Å². The van der Waals surface area contributed by atoms with Crippen molar-refractivity contribution >= 4 is 23.2 Å².